The smallest absolute Gasteiger partial charge is 0.0800 e. The van der Waals surface area contributed by atoms with E-state index in [9.17, 15) is 5.11 Å². The third kappa shape index (κ3) is 6.87. The number of hydrogen-bond donors (Lipinski definition) is 2. The molecule has 0 amide bonds. The second kappa shape index (κ2) is 6.80. The van der Waals surface area contributed by atoms with E-state index in [0.717, 1.165) is 19.3 Å². The van der Waals surface area contributed by atoms with E-state index in [4.69, 9.17) is 5.11 Å². The summed E-state index contributed by atoms with van der Waals surface area (Å²) in [6.07, 6.45) is 7.01. The topological polar surface area (TPSA) is 40.5 Å². The Balaban J connectivity index is 3.75. The molecule has 0 heterocycles. The van der Waals surface area contributed by atoms with Crippen LogP contribution in [0.5, 0.6) is 0 Å². The lowest BCUT2D eigenvalue weighted by molar-refractivity contribution is 0.103. The van der Waals surface area contributed by atoms with Crippen LogP contribution in [0.25, 0.3) is 0 Å². The second-order valence-electron chi connectivity index (χ2n) is 3.98. The first-order chi connectivity index (χ1) is 6.52. The molecule has 82 valence electrons. The Bertz CT molecular complexity index is 192. The van der Waals surface area contributed by atoms with Crippen LogP contribution in [0.3, 0.4) is 0 Å². The fourth-order valence-corrected chi connectivity index (χ4v) is 1.17. The number of aliphatic hydroxyl groups excluding tert-OH is 1. The van der Waals surface area contributed by atoms with E-state index >= 15 is 0 Å². The van der Waals surface area contributed by atoms with Gasteiger partial charge in [0.15, 0.2) is 0 Å². The molecular weight excluding hydrogens is 176 g/mol. The average Bonchev–Trinajstić information content (AvgIpc) is 2.14. The van der Waals surface area contributed by atoms with Gasteiger partial charge in [0.05, 0.1) is 5.60 Å². The molecule has 0 aliphatic heterocycles. The van der Waals surface area contributed by atoms with Gasteiger partial charge in [-0.15, -0.1) is 6.58 Å². The Hall–Kier alpha value is -0.600. The summed E-state index contributed by atoms with van der Waals surface area (Å²) in [5.41, 5.74) is 0.521. The zero-order valence-corrected chi connectivity index (χ0v) is 9.29. The molecule has 2 heteroatoms. The van der Waals surface area contributed by atoms with Crippen LogP contribution in [0.1, 0.15) is 39.5 Å². The second-order valence-corrected chi connectivity index (χ2v) is 3.98. The molecule has 0 aromatic carbocycles. The maximum Gasteiger partial charge on any atom is 0.0800 e. The normalized spacial score (nSPS) is 16.4. The lowest BCUT2D eigenvalue weighted by Crippen LogP contribution is -2.19. The third-order valence-corrected chi connectivity index (χ3v) is 2.31. The van der Waals surface area contributed by atoms with Gasteiger partial charge in [-0.1, -0.05) is 17.7 Å². The SMILES string of the molecule is C=CC(C)(O)CC/C=C(\C)CCCO. The molecule has 0 aliphatic carbocycles. The lowest BCUT2D eigenvalue weighted by atomic mass is 9.99. The van der Waals surface area contributed by atoms with E-state index < -0.39 is 5.60 Å². The Kier molecular flexibility index (Phi) is 6.50. The Morgan fingerprint density at radius 3 is 2.64 bits per heavy atom. The van der Waals surface area contributed by atoms with Crippen molar-refractivity contribution in [3.05, 3.63) is 24.3 Å². The van der Waals surface area contributed by atoms with Gasteiger partial charge >= 0.3 is 0 Å². The highest BCUT2D eigenvalue weighted by Gasteiger charge is 2.12. The van der Waals surface area contributed by atoms with Gasteiger partial charge in [-0.2, -0.15) is 0 Å². The van der Waals surface area contributed by atoms with Crippen LogP contribution in [0, 0.1) is 0 Å². The first kappa shape index (κ1) is 13.4. The molecule has 2 nitrogen and oxygen atoms in total. The molecule has 0 aliphatic rings. The quantitative estimate of drug-likeness (QED) is 0.617. The minimum Gasteiger partial charge on any atom is -0.396 e. The molecule has 0 aromatic rings. The van der Waals surface area contributed by atoms with E-state index in [1.807, 2.05) is 0 Å². The fourth-order valence-electron chi connectivity index (χ4n) is 1.17. The highest BCUT2D eigenvalue weighted by atomic mass is 16.3. The highest BCUT2D eigenvalue weighted by Crippen LogP contribution is 2.15. The van der Waals surface area contributed by atoms with Crippen molar-refractivity contribution in [2.24, 2.45) is 0 Å². The molecule has 14 heavy (non-hydrogen) atoms. The van der Waals surface area contributed by atoms with E-state index in [0.29, 0.717) is 6.42 Å². The van der Waals surface area contributed by atoms with Crippen molar-refractivity contribution >= 4 is 0 Å². The summed E-state index contributed by atoms with van der Waals surface area (Å²) in [7, 11) is 0. The van der Waals surface area contributed by atoms with Gasteiger partial charge in [0.1, 0.15) is 0 Å². The van der Waals surface area contributed by atoms with Crippen LogP contribution < -0.4 is 0 Å². The predicted molar refractivity (Wildman–Crippen MR) is 60.1 cm³/mol. The molecule has 0 radical (unpaired) electrons. The zero-order valence-electron chi connectivity index (χ0n) is 9.29. The van der Waals surface area contributed by atoms with E-state index in [-0.39, 0.29) is 6.61 Å². The van der Waals surface area contributed by atoms with E-state index in [1.54, 1.807) is 13.0 Å². The van der Waals surface area contributed by atoms with Gasteiger partial charge < -0.3 is 10.2 Å². The van der Waals surface area contributed by atoms with Crippen molar-refractivity contribution in [3.63, 3.8) is 0 Å². The monoisotopic (exact) mass is 198 g/mol. The summed E-state index contributed by atoms with van der Waals surface area (Å²) in [5.74, 6) is 0. The minimum absolute atomic E-state index is 0.246. The molecule has 0 spiro atoms. The molecule has 1 unspecified atom stereocenters. The van der Waals surface area contributed by atoms with Crippen LogP contribution in [0.2, 0.25) is 0 Å². The van der Waals surface area contributed by atoms with Gasteiger partial charge in [0.25, 0.3) is 0 Å². The number of rotatable bonds is 7. The summed E-state index contributed by atoms with van der Waals surface area (Å²) in [6.45, 7) is 7.64. The summed E-state index contributed by atoms with van der Waals surface area (Å²) >= 11 is 0. The molecule has 0 aromatic heterocycles. The van der Waals surface area contributed by atoms with Crippen molar-refractivity contribution in [3.8, 4) is 0 Å². The molecule has 2 N–H and O–H groups in total. The molecule has 0 rings (SSSR count). The average molecular weight is 198 g/mol. The zero-order chi connectivity index (χ0) is 11.0. The fraction of sp³-hybridized carbons (Fsp3) is 0.667. The predicted octanol–water partition coefficient (Wildman–Crippen LogP) is 2.42. The van der Waals surface area contributed by atoms with Crippen molar-refractivity contribution in [2.75, 3.05) is 6.61 Å². The third-order valence-electron chi connectivity index (χ3n) is 2.31. The summed E-state index contributed by atoms with van der Waals surface area (Å²) < 4.78 is 0. The largest absolute Gasteiger partial charge is 0.396 e. The van der Waals surface area contributed by atoms with Crippen molar-refractivity contribution in [1.82, 2.24) is 0 Å². The Morgan fingerprint density at radius 1 is 1.50 bits per heavy atom. The standard InChI is InChI=1S/C12H22O2/c1-4-12(3,14)9-5-7-11(2)8-6-10-13/h4,7,13-14H,1,5-6,8-10H2,2-3H3/b11-7+. The first-order valence-electron chi connectivity index (χ1n) is 5.14. The van der Waals surface area contributed by atoms with E-state index in [1.165, 1.54) is 5.57 Å². The van der Waals surface area contributed by atoms with Crippen LogP contribution in [-0.2, 0) is 0 Å². The Morgan fingerprint density at radius 2 is 2.14 bits per heavy atom. The van der Waals surface area contributed by atoms with Crippen molar-refractivity contribution in [1.29, 1.82) is 0 Å². The maximum atomic E-state index is 9.62. The molecule has 0 saturated heterocycles. The van der Waals surface area contributed by atoms with Gasteiger partial charge in [-0.3, -0.25) is 0 Å². The summed E-state index contributed by atoms with van der Waals surface area (Å²) in [5, 5.41) is 18.3. The van der Waals surface area contributed by atoms with Crippen molar-refractivity contribution < 1.29 is 10.2 Å². The summed E-state index contributed by atoms with van der Waals surface area (Å²) in [4.78, 5) is 0. The van der Waals surface area contributed by atoms with Crippen LogP contribution in [0.15, 0.2) is 24.3 Å². The first-order valence-corrected chi connectivity index (χ1v) is 5.14. The maximum absolute atomic E-state index is 9.62. The van der Waals surface area contributed by atoms with E-state index in [2.05, 4.69) is 19.6 Å². The van der Waals surface area contributed by atoms with Gasteiger partial charge in [-0.25, -0.2) is 0 Å². The molecule has 1 atom stereocenters. The molecule has 0 bridgehead atoms. The molecule has 0 fully saturated rings. The van der Waals surface area contributed by atoms with Crippen LogP contribution >= 0.6 is 0 Å². The number of hydrogen-bond acceptors (Lipinski definition) is 2. The Labute approximate surface area is 87.0 Å². The van der Waals surface area contributed by atoms with Gasteiger partial charge in [0, 0.05) is 6.61 Å². The lowest BCUT2D eigenvalue weighted by Gasteiger charge is -2.16. The molecule has 0 saturated carbocycles. The van der Waals surface area contributed by atoms with Gasteiger partial charge in [0.2, 0.25) is 0 Å². The molecular formula is C12H22O2. The number of aliphatic hydroxyl groups is 2. The van der Waals surface area contributed by atoms with Crippen LogP contribution in [0.4, 0.5) is 0 Å². The summed E-state index contributed by atoms with van der Waals surface area (Å²) in [6, 6.07) is 0. The van der Waals surface area contributed by atoms with Crippen LogP contribution in [-0.4, -0.2) is 22.4 Å². The van der Waals surface area contributed by atoms with Gasteiger partial charge in [-0.05, 0) is 39.5 Å². The minimum atomic E-state index is -0.756. The highest BCUT2D eigenvalue weighted by molar-refractivity contribution is 5.00. The van der Waals surface area contributed by atoms with Crippen molar-refractivity contribution in [2.45, 2.75) is 45.1 Å². The number of allylic oxidation sites excluding steroid dienone is 2.